The molecule has 3 atom stereocenters. The molecule has 7 nitrogen and oxygen atoms in total. The lowest BCUT2D eigenvalue weighted by Gasteiger charge is -2.44. The molecule has 0 bridgehead atoms. The van der Waals surface area contributed by atoms with Crippen LogP contribution in [0.2, 0.25) is 0 Å². The van der Waals surface area contributed by atoms with E-state index in [0.717, 1.165) is 37.8 Å². The Bertz CT molecular complexity index is 1150. The zero-order chi connectivity index (χ0) is 28.5. The van der Waals surface area contributed by atoms with Crippen molar-refractivity contribution in [2.24, 2.45) is 5.92 Å². The maximum Gasteiger partial charge on any atom is 0.404 e. The van der Waals surface area contributed by atoms with E-state index in [-0.39, 0.29) is 24.8 Å². The van der Waals surface area contributed by atoms with Crippen molar-refractivity contribution in [3.8, 4) is 11.1 Å². The molecule has 218 valence electrons. The Morgan fingerprint density at radius 3 is 2.73 bits per heavy atom. The van der Waals surface area contributed by atoms with Gasteiger partial charge in [0.2, 0.25) is 5.91 Å². The molecule has 0 aliphatic carbocycles. The number of hydrogen-bond acceptors (Lipinski definition) is 4. The first-order chi connectivity index (χ1) is 19.3. The fraction of sp³-hybridized carbons (Fsp3) is 0.562. The number of amides is 2. The zero-order valence-electron chi connectivity index (χ0n) is 23.6. The predicted molar refractivity (Wildman–Crippen MR) is 155 cm³/mol. The van der Waals surface area contributed by atoms with E-state index in [1.165, 1.54) is 18.9 Å². The van der Waals surface area contributed by atoms with Crippen LogP contribution >= 0.6 is 0 Å². The summed E-state index contributed by atoms with van der Waals surface area (Å²) < 4.78 is 15.6. The first kappa shape index (κ1) is 30.0. The Labute approximate surface area is 237 Å². The Morgan fingerprint density at radius 2 is 1.98 bits per heavy atom. The third-order valence-electron chi connectivity index (χ3n) is 8.68. The molecule has 0 spiro atoms. The molecule has 40 heavy (non-hydrogen) atoms. The van der Waals surface area contributed by atoms with Gasteiger partial charge in [0.05, 0.1) is 5.60 Å². The van der Waals surface area contributed by atoms with E-state index in [1.54, 1.807) is 12.1 Å². The van der Waals surface area contributed by atoms with Gasteiger partial charge in [-0.15, -0.1) is 0 Å². The third kappa shape index (κ3) is 7.40. The number of benzene rings is 2. The Hall–Kier alpha value is -2.97. The topological polar surface area (TPSA) is 102 Å². The number of nitrogens with one attached hydrogen (secondary N) is 2. The second-order valence-electron chi connectivity index (χ2n) is 11.3. The molecule has 0 saturated carbocycles. The summed E-state index contributed by atoms with van der Waals surface area (Å²) in [7, 11) is 0. The van der Waals surface area contributed by atoms with Crippen LogP contribution in [0.4, 0.5) is 9.18 Å². The second kappa shape index (κ2) is 14.1. The van der Waals surface area contributed by atoms with Gasteiger partial charge in [-0.1, -0.05) is 49.7 Å². The number of likely N-dealkylation sites (tertiary alicyclic amines) is 1. The van der Waals surface area contributed by atoms with E-state index < -0.39 is 17.5 Å². The molecule has 8 heteroatoms. The summed E-state index contributed by atoms with van der Waals surface area (Å²) in [6, 6.07) is 12.9. The molecule has 0 radical (unpaired) electrons. The number of aliphatic hydroxyl groups is 1. The number of carbonyl (C=O) groups excluding carboxylic acids is 1. The van der Waals surface area contributed by atoms with Crippen LogP contribution in [-0.2, 0) is 16.8 Å². The molecule has 2 aliphatic rings. The first-order valence-electron chi connectivity index (χ1n) is 14.9. The normalized spacial score (nSPS) is 21.0. The number of aryl methyl sites for hydroxylation is 1. The molecule has 2 aliphatic heterocycles. The molecular weight excluding hydrogens is 509 g/mol. The van der Waals surface area contributed by atoms with Crippen molar-refractivity contribution in [1.82, 2.24) is 15.5 Å². The second-order valence-corrected chi connectivity index (χ2v) is 11.3. The van der Waals surface area contributed by atoms with Gasteiger partial charge in [0, 0.05) is 43.6 Å². The van der Waals surface area contributed by atoms with Crippen molar-refractivity contribution in [2.75, 3.05) is 26.2 Å². The summed E-state index contributed by atoms with van der Waals surface area (Å²) in [6.45, 7) is 4.28. The summed E-state index contributed by atoms with van der Waals surface area (Å²) in [5.74, 6) is -0.614. The molecule has 2 fully saturated rings. The van der Waals surface area contributed by atoms with Crippen molar-refractivity contribution >= 4 is 12.0 Å². The first-order valence-corrected chi connectivity index (χ1v) is 14.9. The number of hydrogen-bond donors (Lipinski definition) is 4. The van der Waals surface area contributed by atoms with Gasteiger partial charge in [-0.3, -0.25) is 4.79 Å². The molecule has 2 aromatic carbocycles. The van der Waals surface area contributed by atoms with E-state index in [2.05, 4.69) is 10.6 Å². The minimum Gasteiger partial charge on any atom is -0.465 e. The van der Waals surface area contributed by atoms with Gasteiger partial charge < -0.3 is 25.7 Å². The van der Waals surface area contributed by atoms with Crippen molar-refractivity contribution in [1.29, 1.82) is 0 Å². The highest BCUT2D eigenvalue weighted by Crippen LogP contribution is 2.44. The van der Waals surface area contributed by atoms with Crippen molar-refractivity contribution < 1.29 is 24.2 Å². The van der Waals surface area contributed by atoms with Gasteiger partial charge in [-0.25, -0.2) is 9.18 Å². The number of carboxylic acid groups (broad SMARTS) is 1. The van der Waals surface area contributed by atoms with Crippen molar-refractivity contribution in [3.63, 3.8) is 0 Å². The molecular formula is C32H44FN3O4. The van der Waals surface area contributed by atoms with Gasteiger partial charge >= 0.3 is 6.09 Å². The number of piperidine rings is 2. The van der Waals surface area contributed by atoms with E-state index in [9.17, 15) is 14.7 Å². The summed E-state index contributed by atoms with van der Waals surface area (Å²) in [5, 5.41) is 27.5. The van der Waals surface area contributed by atoms with Gasteiger partial charge in [0.1, 0.15) is 5.82 Å². The Balaban J connectivity index is 1.61. The minimum atomic E-state index is -1.44. The van der Waals surface area contributed by atoms with Gasteiger partial charge in [-0.2, -0.15) is 0 Å². The monoisotopic (exact) mass is 553 g/mol. The third-order valence-corrected chi connectivity index (χ3v) is 8.68. The maximum absolute atomic E-state index is 15.6. The Kier molecular flexibility index (Phi) is 10.6. The van der Waals surface area contributed by atoms with Crippen LogP contribution in [0.3, 0.4) is 0 Å². The van der Waals surface area contributed by atoms with Crippen LogP contribution < -0.4 is 10.6 Å². The van der Waals surface area contributed by atoms with Crippen molar-refractivity contribution in [3.05, 3.63) is 59.4 Å². The predicted octanol–water partition coefficient (Wildman–Crippen LogP) is 5.45. The molecule has 2 heterocycles. The van der Waals surface area contributed by atoms with Gasteiger partial charge in [0.15, 0.2) is 0 Å². The molecule has 4 rings (SSSR count). The highest BCUT2D eigenvalue weighted by molar-refractivity contribution is 5.76. The van der Waals surface area contributed by atoms with E-state index in [4.69, 9.17) is 5.11 Å². The molecule has 2 aromatic rings. The lowest BCUT2D eigenvalue weighted by Crippen LogP contribution is -2.49. The molecule has 2 amide bonds. The summed E-state index contributed by atoms with van der Waals surface area (Å²) in [4.78, 5) is 26.2. The number of carbonyl (C=O) groups is 2. The molecule has 4 N–H and O–H groups in total. The largest absolute Gasteiger partial charge is 0.465 e. The zero-order valence-corrected chi connectivity index (χ0v) is 23.6. The average Bonchev–Trinajstić information content (AvgIpc) is 2.98. The quantitative estimate of drug-likeness (QED) is 0.277. The SMILES string of the molecule is CCc1cccc(-c2c(F)cccc2C(O)(CCCNC(=O)O)C2CCCN(C(=O)CCC3CCCCN3)C2)c1. The van der Waals surface area contributed by atoms with Gasteiger partial charge in [0.25, 0.3) is 0 Å². The smallest absolute Gasteiger partial charge is 0.404 e. The van der Waals surface area contributed by atoms with Crippen molar-refractivity contribution in [2.45, 2.75) is 82.8 Å². The fourth-order valence-electron chi connectivity index (χ4n) is 6.46. The minimum absolute atomic E-state index is 0.0991. The standard InChI is InChI=1S/C32H44FN3O4/c1-2-23-9-5-10-24(21-23)30-27(13-6-14-28(30)33)32(40,17-8-19-35-31(38)39)25-11-7-20-36(22-25)29(37)16-15-26-12-3-4-18-34-26/h5-6,9-10,13-14,21,25-26,34-35,40H,2-4,7-8,11-12,15-20,22H2,1H3,(H,38,39). The van der Waals surface area contributed by atoms with Gasteiger partial charge in [-0.05, 0) is 80.7 Å². The van der Waals surface area contributed by atoms with E-state index in [0.29, 0.717) is 55.1 Å². The van der Waals surface area contributed by atoms with E-state index >= 15 is 4.39 Å². The molecule has 3 unspecified atom stereocenters. The fourth-order valence-corrected chi connectivity index (χ4v) is 6.46. The molecule has 2 saturated heterocycles. The van der Waals surface area contributed by atoms with Crippen LogP contribution in [-0.4, -0.2) is 59.3 Å². The maximum atomic E-state index is 15.6. The van der Waals surface area contributed by atoms with E-state index in [1.807, 2.05) is 36.1 Å². The van der Waals surface area contributed by atoms with Crippen LogP contribution in [0, 0.1) is 11.7 Å². The highest BCUT2D eigenvalue weighted by atomic mass is 19.1. The Morgan fingerprint density at radius 1 is 1.15 bits per heavy atom. The van der Waals surface area contributed by atoms with Crippen LogP contribution in [0.15, 0.2) is 42.5 Å². The van der Waals surface area contributed by atoms with Crippen LogP contribution in [0.1, 0.15) is 75.8 Å². The van der Waals surface area contributed by atoms with Crippen LogP contribution in [0.25, 0.3) is 11.1 Å². The lowest BCUT2D eigenvalue weighted by molar-refractivity contribution is -0.137. The lowest BCUT2D eigenvalue weighted by atomic mass is 9.72. The summed E-state index contributed by atoms with van der Waals surface area (Å²) in [6.07, 6.45) is 6.52. The highest BCUT2D eigenvalue weighted by Gasteiger charge is 2.43. The average molecular weight is 554 g/mol. The number of rotatable bonds is 11. The summed E-state index contributed by atoms with van der Waals surface area (Å²) in [5.41, 5.74) is 1.21. The summed E-state index contributed by atoms with van der Waals surface area (Å²) >= 11 is 0. The number of halogens is 1. The number of nitrogens with zero attached hydrogens (tertiary/aromatic N) is 1. The molecule has 0 aromatic heterocycles. The van der Waals surface area contributed by atoms with Crippen LogP contribution in [0.5, 0.6) is 0 Å².